The molecule has 6 nitrogen and oxygen atoms in total. The highest BCUT2D eigenvalue weighted by Gasteiger charge is 2.31. The first-order valence-corrected chi connectivity index (χ1v) is 9.30. The van der Waals surface area contributed by atoms with E-state index in [1.54, 1.807) is 6.20 Å². The first kappa shape index (κ1) is 20.0. The molecule has 1 aromatic rings. The first-order valence-electron chi connectivity index (χ1n) is 8.51. The molecule has 1 unspecified atom stereocenters. The molecule has 0 aliphatic carbocycles. The van der Waals surface area contributed by atoms with Crippen molar-refractivity contribution in [2.75, 3.05) is 13.7 Å². The molecule has 0 saturated carbocycles. The monoisotopic (exact) mass is 415 g/mol. The summed E-state index contributed by atoms with van der Waals surface area (Å²) < 4.78 is 18.5. The summed E-state index contributed by atoms with van der Waals surface area (Å²) in [6.07, 6.45) is 4.85. The molecule has 0 amide bonds. The number of halogens is 1. The smallest absolute Gasteiger partial charge is 0.329 e. The van der Waals surface area contributed by atoms with Crippen LogP contribution in [-0.2, 0) is 14.3 Å². The largest absolute Gasteiger partial charge is 0.494 e. The van der Waals surface area contributed by atoms with E-state index in [9.17, 15) is 9.59 Å². The molecule has 1 aliphatic heterocycles. The molecule has 1 saturated heterocycles. The van der Waals surface area contributed by atoms with Crippen molar-refractivity contribution >= 4 is 21.9 Å². The summed E-state index contributed by atoms with van der Waals surface area (Å²) in [6.45, 7) is 6.11. The van der Waals surface area contributed by atoms with Crippen LogP contribution in [0.4, 0.5) is 0 Å². The lowest BCUT2D eigenvalue weighted by Crippen LogP contribution is -2.37. The fraction of sp³-hybridized carbons (Fsp3) is 0.667. The highest BCUT2D eigenvalue weighted by Crippen LogP contribution is 2.28. The average molecular weight is 416 g/mol. The topological polar surface area (TPSA) is 66.8 Å². The van der Waals surface area contributed by atoms with Gasteiger partial charge in [-0.25, -0.2) is 4.79 Å². The summed E-state index contributed by atoms with van der Waals surface area (Å²) in [7, 11) is 1.52. The van der Waals surface area contributed by atoms with Crippen LogP contribution in [0.1, 0.15) is 52.5 Å². The number of esters is 1. The zero-order chi connectivity index (χ0) is 18.6. The van der Waals surface area contributed by atoms with Gasteiger partial charge in [0.05, 0.1) is 23.9 Å². The van der Waals surface area contributed by atoms with Crippen molar-refractivity contribution in [1.82, 2.24) is 4.57 Å². The summed E-state index contributed by atoms with van der Waals surface area (Å²) in [5.41, 5.74) is -0.925. The summed E-state index contributed by atoms with van der Waals surface area (Å²) in [6, 6.07) is 0.648. The first-order chi connectivity index (χ1) is 11.7. The van der Waals surface area contributed by atoms with Gasteiger partial charge in [0, 0.05) is 19.1 Å². The molecular formula is C18H26BrNO5. The maximum absolute atomic E-state index is 12.8. The SMILES string of the molecule is COc1cn(C(C[C@@H]2CCCCO2)C(=O)OC(C)(C)C)c(=O)cc1Br. The van der Waals surface area contributed by atoms with Crippen molar-refractivity contribution in [3.05, 3.63) is 27.1 Å². The number of ether oxygens (including phenoxy) is 3. The van der Waals surface area contributed by atoms with Gasteiger partial charge in [0.15, 0.2) is 0 Å². The molecule has 7 heteroatoms. The minimum absolute atomic E-state index is 0.0622. The van der Waals surface area contributed by atoms with Crippen LogP contribution in [0.2, 0.25) is 0 Å². The molecule has 0 N–H and O–H groups in total. The summed E-state index contributed by atoms with van der Waals surface area (Å²) in [5, 5.41) is 0. The number of carbonyl (C=O) groups excluding carboxylic acids is 1. The van der Waals surface area contributed by atoms with Gasteiger partial charge in [-0.3, -0.25) is 9.36 Å². The second-order valence-electron chi connectivity index (χ2n) is 7.21. The van der Waals surface area contributed by atoms with E-state index in [0.29, 0.717) is 23.2 Å². The van der Waals surface area contributed by atoms with Crippen LogP contribution in [0.15, 0.2) is 21.5 Å². The molecule has 0 aromatic carbocycles. The van der Waals surface area contributed by atoms with Crippen LogP contribution < -0.4 is 10.3 Å². The maximum Gasteiger partial charge on any atom is 0.329 e. The molecule has 2 heterocycles. The Balaban J connectivity index is 2.36. The number of pyridine rings is 1. The van der Waals surface area contributed by atoms with Crippen molar-refractivity contribution < 1.29 is 19.0 Å². The molecule has 0 spiro atoms. The van der Waals surface area contributed by atoms with Crippen molar-refractivity contribution in [3.63, 3.8) is 0 Å². The van der Waals surface area contributed by atoms with Crippen LogP contribution in [-0.4, -0.2) is 36.0 Å². The normalized spacial score (nSPS) is 19.3. The van der Waals surface area contributed by atoms with E-state index >= 15 is 0 Å². The fourth-order valence-electron chi connectivity index (χ4n) is 2.83. The molecule has 2 atom stereocenters. The van der Waals surface area contributed by atoms with Gasteiger partial charge in [0.25, 0.3) is 5.56 Å². The number of nitrogens with zero attached hydrogens (tertiary/aromatic N) is 1. The molecule has 25 heavy (non-hydrogen) atoms. The van der Waals surface area contributed by atoms with Crippen LogP contribution in [0.5, 0.6) is 5.75 Å². The molecule has 1 fully saturated rings. The van der Waals surface area contributed by atoms with Gasteiger partial charge in [-0.05, 0) is 56.0 Å². The molecule has 140 valence electrons. The highest BCUT2D eigenvalue weighted by molar-refractivity contribution is 9.10. The standard InChI is InChI=1S/C18H26BrNO5/c1-18(2,3)25-17(22)14(9-12-7-5-6-8-24-12)20-11-15(23-4)13(19)10-16(20)21/h10-12,14H,5-9H2,1-4H3/t12-,14?/m0/s1. The van der Waals surface area contributed by atoms with Crippen LogP contribution in [0.25, 0.3) is 0 Å². The number of hydrogen-bond donors (Lipinski definition) is 0. The van der Waals surface area contributed by atoms with E-state index in [0.717, 1.165) is 19.3 Å². The van der Waals surface area contributed by atoms with E-state index in [1.165, 1.54) is 17.7 Å². The van der Waals surface area contributed by atoms with E-state index in [2.05, 4.69) is 15.9 Å². The number of hydrogen-bond acceptors (Lipinski definition) is 5. The Labute approximate surface area is 156 Å². The van der Waals surface area contributed by atoms with Crippen molar-refractivity contribution in [2.24, 2.45) is 0 Å². The quantitative estimate of drug-likeness (QED) is 0.688. The Bertz CT molecular complexity index is 658. The van der Waals surface area contributed by atoms with Gasteiger partial charge < -0.3 is 14.2 Å². The Morgan fingerprint density at radius 3 is 2.72 bits per heavy atom. The Kier molecular flexibility index (Phi) is 6.68. The predicted octanol–water partition coefficient (Wildman–Crippen LogP) is 3.46. The number of rotatable bonds is 5. The third-order valence-electron chi connectivity index (χ3n) is 3.99. The predicted molar refractivity (Wildman–Crippen MR) is 98.0 cm³/mol. The summed E-state index contributed by atoms with van der Waals surface area (Å²) in [5.74, 6) is 0.0471. The lowest BCUT2D eigenvalue weighted by Gasteiger charge is -2.29. The minimum Gasteiger partial charge on any atom is -0.494 e. The van der Waals surface area contributed by atoms with E-state index < -0.39 is 17.6 Å². The number of aromatic nitrogens is 1. The van der Waals surface area contributed by atoms with Crippen molar-refractivity contribution in [1.29, 1.82) is 0 Å². The van der Waals surface area contributed by atoms with Gasteiger partial charge >= 0.3 is 5.97 Å². The van der Waals surface area contributed by atoms with E-state index in [-0.39, 0.29) is 11.7 Å². The minimum atomic E-state index is -0.753. The zero-order valence-electron chi connectivity index (χ0n) is 15.2. The third kappa shape index (κ3) is 5.57. The molecule has 0 radical (unpaired) electrons. The van der Waals surface area contributed by atoms with Crippen LogP contribution in [0, 0.1) is 0 Å². The summed E-state index contributed by atoms with van der Waals surface area (Å²) >= 11 is 3.30. The Hall–Kier alpha value is -1.34. The fourth-order valence-corrected chi connectivity index (χ4v) is 3.29. The zero-order valence-corrected chi connectivity index (χ0v) is 16.8. The van der Waals surface area contributed by atoms with Crippen LogP contribution >= 0.6 is 15.9 Å². The van der Waals surface area contributed by atoms with Crippen molar-refractivity contribution in [3.8, 4) is 5.75 Å². The Morgan fingerprint density at radius 2 is 2.16 bits per heavy atom. The second kappa shape index (κ2) is 8.36. The van der Waals surface area contributed by atoms with E-state index in [4.69, 9.17) is 14.2 Å². The maximum atomic E-state index is 12.8. The van der Waals surface area contributed by atoms with Crippen molar-refractivity contribution in [2.45, 2.75) is 64.2 Å². The van der Waals surface area contributed by atoms with Gasteiger partial charge in [-0.2, -0.15) is 0 Å². The molecule has 1 aliphatic rings. The van der Waals surface area contributed by atoms with Crippen LogP contribution in [0.3, 0.4) is 0 Å². The second-order valence-corrected chi connectivity index (χ2v) is 8.06. The van der Waals surface area contributed by atoms with Gasteiger partial charge in [0.1, 0.15) is 17.4 Å². The molecule has 1 aromatic heterocycles. The Morgan fingerprint density at radius 1 is 1.44 bits per heavy atom. The lowest BCUT2D eigenvalue weighted by molar-refractivity contribution is -0.160. The lowest BCUT2D eigenvalue weighted by atomic mass is 10.0. The molecular weight excluding hydrogens is 390 g/mol. The number of methoxy groups -OCH3 is 1. The van der Waals surface area contributed by atoms with Gasteiger partial charge in [-0.15, -0.1) is 0 Å². The van der Waals surface area contributed by atoms with Gasteiger partial charge in [0.2, 0.25) is 0 Å². The number of carbonyl (C=O) groups is 1. The molecule has 0 bridgehead atoms. The average Bonchev–Trinajstić information content (AvgIpc) is 2.52. The third-order valence-corrected chi connectivity index (χ3v) is 4.61. The highest BCUT2D eigenvalue weighted by atomic mass is 79.9. The molecule has 2 rings (SSSR count). The summed E-state index contributed by atoms with van der Waals surface area (Å²) in [4.78, 5) is 25.3. The van der Waals surface area contributed by atoms with Gasteiger partial charge in [-0.1, -0.05) is 0 Å². The van der Waals surface area contributed by atoms with E-state index in [1.807, 2.05) is 20.8 Å².